The van der Waals surface area contributed by atoms with Crippen molar-refractivity contribution in [2.45, 2.75) is 26.2 Å². The van der Waals surface area contributed by atoms with Gasteiger partial charge in [0.2, 0.25) is 0 Å². The van der Waals surface area contributed by atoms with Gasteiger partial charge in [-0.15, -0.1) is 5.10 Å². The molecule has 0 saturated carbocycles. The molecule has 6 heteroatoms. The van der Waals surface area contributed by atoms with Gasteiger partial charge in [-0.1, -0.05) is 36.0 Å². The highest BCUT2D eigenvalue weighted by molar-refractivity contribution is 7.08. The van der Waals surface area contributed by atoms with Crippen molar-refractivity contribution >= 4 is 28.9 Å². The van der Waals surface area contributed by atoms with E-state index in [1.165, 1.54) is 12.1 Å². The number of aromatic nitrogens is 2. The van der Waals surface area contributed by atoms with Gasteiger partial charge in [-0.25, -0.2) is 4.39 Å². The zero-order valence-corrected chi connectivity index (χ0v) is 12.1. The first-order chi connectivity index (χ1) is 8.99. The van der Waals surface area contributed by atoms with Crippen molar-refractivity contribution in [2.75, 3.05) is 0 Å². The molecule has 19 heavy (non-hydrogen) atoms. The molecule has 0 N–H and O–H groups in total. The number of benzene rings is 1. The molecule has 0 unspecified atom stereocenters. The van der Waals surface area contributed by atoms with Crippen molar-refractivity contribution in [2.24, 2.45) is 0 Å². The van der Waals surface area contributed by atoms with Crippen LogP contribution in [0.5, 0.6) is 0 Å². The maximum atomic E-state index is 13.0. The van der Waals surface area contributed by atoms with Crippen molar-refractivity contribution < 1.29 is 9.18 Å². The number of carbonyl (C=O) groups excluding carboxylic acids is 1. The first kappa shape index (κ1) is 14.1. The van der Waals surface area contributed by atoms with E-state index in [2.05, 4.69) is 9.59 Å². The SMILES string of the molecule is CC(C)c1nnsc1C(=O)Cc1ccc(F)c(Cl)c1. The van der Waals surface area contributed by atoms with Crippen LogP contribution in [0.1, 0.15) is 40.7 Å². The lowest BCUT2D eigenvalue weighted by Crippen LogP contribution is -2.06. The fraction of sp³-hybridized carbons (Fsp3) is 0.308. The van der Waals surface area contributed by atoms with E-state index in [0.29, 0.717) is 16.1 Å². The number of halogens is 2. The second kappa shape index (κ2) is 5.75. The van der Waals surface area contributed by atoms with Gasteiger partial charge in [0, 0.05) is 6.42 Å². The molecule has 1 aromatic carbocycles. The van der Waals surface area contributed by atoms with E-state index in [0.717, 1.165) is 11.5 Å². The van der Waals surface area contributed by atoms with E-state index >= 15 is 0 Å². The lowest BCUT2D eigenvalue weighted by Gasteiger charge is -2.04. The third kappa shape index (κ3) is 3.16. The molecular weight excluding hydrogens is 287 g/mol. The summed E-state index contributed by atoms with van der Waals surface area (Å²) in [5.74, 6) is -0.406. The molecule has 0 bridgehead atoms. The van der Waals surface area contributed by atoms with Gasteiger partial charge in [0.1, 0.15) is 10.7 Å². The Morgan fingerprint density at radius 2 is 2.21 bits per heavy atom. The lowest BCUT2D eigenvalue weighted by molar-refractivity contribution is 0.0995. The Balaban J connectivity index is 2.21. The van der Waals surface area contributed by atoms with Crippen molar-refractivity contribution in [3.63, 3.8) is 0 Å². The average Bonchev–Trinajstić information content (AvgIpc) is 2.83. The van der Waals surface area contributed by atoms with Gasteiger partial charge >= 0.3 is 0 Å². The number of rotatable bonds is 4. The molecule has 0 radical (unpaired) electrons. The predicted octanol–water partition coefficient (Wildman–Crippen LogP) is 3.88. The molecule has 0 aliphatic rings. The van der Waals surface area contributed by atoms with E-state index < -0.39 is 5.82 Å². The zero-order chi connectivity index (χ0) is 14.0. The van der Waals surface area contributed by atoms with E-state index in [-0.39, 0.29) is 23.1 Å². The van der Waals surface area contributed by atoms with Crippen LogP contribution in [0.3, 0.4) is 0 Å². The molecule has 0 fully saturated rings. The van der Waals surface area contributed by atoms with Crippen LogP contribution in [0.25, 0.3) is 0 Å². The Bertz CT molecular complexity index is 612. The second-order valence-corrected chi connectivity index (χ2v) is 5.65. The average molecular weight is 299 g/mol. The van der Waals surface area contributed by atoms with Crippen LogP contribution < -0.4 is 0 Å². The molecule has 2 rings (SSSR count). The summed E-state index contributed by atoms with van der Waals surface area (Å²) in [5.41, 5.74) is 1.39. The van der Waals surface area contributed by atoms with Crippen LogP contribution in [0, 0.1) is 5.82 Å². The van der Waals surface area contributed by atoms with Crippen LogP contribution >= 0.6 is 23.1 Å². The number of ketones is 1. The fourth-order valence-electron chi connectivity index (χ4n) is 1.68. The number of hydrogen-bond donors (Lipinski definition) is 0. The molecule has 0 aliphatic heterocycles. The van der Waals surface area contributed by atoms with Crippen LogP contribution in [-0.2, 0) is 6.42 Å². The smallest absolute Gasteiger partial charge is 0.180 e. The summed E-state index contributed by atoms with van der Waals surface area (Å²) in [6.45, 7) is 3.92. The van der Waals surface area contributed by atoms with Gasteiger partial charge in [-0.2, -0.15) is 0 Å². The van der Waals surface area contributed by atoms with Crippen molar-refractivity contribution in [1.29, 1.82) is 0 Å². The molecule has 3 nitrogen and oxygen atoms in total. The normalized spacial score (nSPS) is 11.0. The Morgan fingerprint density at radius 1 is 1.47 bits per heavy atom. The Hall–Kier alpha value is -1.33. The van der Waals surface area contributed by atoms with Crippen molar-refractivity contribution in [3.8, 4) is 0 Å². The van der Waals surface area contributed by atoms with E-state index in [1.807, 2.05) is 13.8 Å². The molecular formula is C13H12ClFN2OS. The van der Waals surface area contributed by atoms with Crippen LogP contribution in [0.4, 0.5) is 4.39 Å². The summed E-state index contributed by atoms with van der Waals surface area (Å²) in [7, 11) is 0. The van der Waals surface area contributed by atoms with Crippen LogP contribution in [0.2, 0.25) is 5.02 Å². The van der Waals surface area contributed by atoms with Crippen molar-refractivity contribution in [1.82, 2.24) is 9.59 Å². The monoisotopic (exact) mass is 298 g/mol. The maximum Gasteiger partial charge on any atom is 0.180 e. The third-order valence-corrected chi connectivity index (χ3v) is 3.73. The van der Waals surface area contributed by atoms with Gasteiger partial charge in [-0.05, 0) is 35.1 Å². The molecule has 0 atom stereocenters. The zero-order valence-electron chi connectivity index (χ0n) is 10.5. The summed E-state index contributed by atoms with van der Waals surface area (Å²) in [6.07, 6.45) is 0.170. The first-order valence-electron chi connectivity index (χ1n) is 5.78. The summed E-state index contributed by atoms with van der Waals surface area (Å²) >= 11 is 6.79. The van der Waals surface area contributed by atoms with E-state index in [4.69, 9.17) is 11.6 Å². The van der Waals surface area contributed by atoms with Gasteiger partial charge in [-0.3, -0.25) is 4.79 Å². The molecule has 0 amide bonds. The summed E-state index contributed by atoms with van der Waals surface area (Å²) in [6, 6.07) is 4.29. The Kier molecular flexibility index (Phi) is 4.27. The molecule has 1 aromatic heterocycles. The Labute approximate surface area is 119 Å². The molecule has 0 aliphatic carbocycles. The van der Waals surface area contributed by atoms with E-state index in [9.17, 15) is 9.18 Å². The van der Waals surface area contributed by atoms with Crippen LogP contribution in [-0.4, -0.2) is 15.4 Å². The molecule has 0 spiro atoms. The largest absolute Gasteiger partial charge is 0.293 e. The highest BCUT2D eigenvalue weighted by atomic mass is 35.5. The molecule has 1 heterocycles. The third-order valence-electron chi connectivity index (χ3n) is 2.66. The summed E-state index contributed by atoms with van der Waals surface area (Å²) in [4.78, 5) is 12.8. The fourth-order valence-corrected chi connectivity index (χ4v) is 2.64. The number of hydrogen-bond acceptors (Lipinski definition) is 4. The van der Waals surface area contributed by atoms with Gasteiger partial charge < -0.3 is 0 Å². The minimum absolute atomic E-state index is 0.0248. The number of carbonyl (C=O) groups is 1. The second-order valence-electron chi connectivity index (χ2n) is 4.49. The van der Waals surface area contributed by atoms with E-state index in [1.54, 1.807) is 6.07 Å². The lowest BCUT2D eigenvalue weighted by atomic mass is 10.0. The standard InChI is InChI=1S/C13H12ClFN2OS/c1-7(2)12-13(19-17-16-12)11(18)6-8-3-4-10(15)9(14)5-8/h3-5,7H,6H2,1-2H3. The summed E-state index contributed by atoms with van der Waals surface area (Å²) < 4.78 is 16.9. The van der Waals surface area contributed by atoms with Gasteiger partial charge in [0.15, 0.2) is 5.78 Å². The maximum absolute atomic E-state index is 13.0. The van der Waals surface area contributed by atoms with Gasteiger partial charge in [0.25, 0.3) is 0 Å². The predicted molar refractivity (Wildman–Crippen MR) is 73.4 cm³/mol. The minimum Gasteiger partial charge on any atom is -0.293 e. The number of Topliss-reactive ketones (excluding diaryl/α,β-unsaturated/α-hetero) is 1. The Morgan fingerprint density at radius 3 is 2.84 bits per heavy atom. The molecule has 100 valence electrons. The molecule has 2 aromatic rings. The van der Waals surface area contributed by atoms with Crippen molar-refractivity contribution in [3.05, 3.63) is 45.2 Å². The highest BCUT2D eigenvalue weighted by Gasteiger charge is 2.19. The first-order valence-corrected chi connectivity index (χ1v) is 6.93. The minimum atomic E-state index is -0.486. The van der Waals surface area contributed by atoms with Gasteiger partial charge in [0.05, 0.1) is 10.7 Å². The molecule has 0 saturated heterocycles. The topological polar surface area (TPSA) is 42.9 Å². The summed E-state index contributed by atoms with van der Waals surface area (Å²) in [5, 5.41) is 4.00. The van der Waals surface area contributed by atoms with Crippen LogP contribution in [0.15, 0.2) is 18.2 Å². The highest BCUT2D eigenvalue weighted by Crippen LogP contribution is 2.23. The quantitative estimate of drug-likeness (QED) is 0.805. The number of nitrogens with zero attached hydrogens (tertiary/aromatic N) is 2.